The molecule has 0 aromatic carbocycles. The zero-order valence-corrected chi connectivity index (χ0v) is 26.0. The van der Waals surface area contributed by atoms with E-state index in [0.717, 1.165) is 0 Å². The molecule has 1 aromatic rings. The van der Waals surface area contributed by atoms with E-state index in [0.29, 0.717) is 29.5 Å². The Kier molecular flexibility index (Phi) is 8.80. The molecule has 4 heterocycles. The van der Waals surface area contributed by atoms with Gasteiger partial charge in [-0.25, -0.2) is 0 Å². The molecule has 0 radical (unpaired) electrons. The van der Waals surface area contributed by atoms with Crippen molar-refractivity contribution in [3.05, 3.63) is 38.9 Å². The third-order valence-electron chi connectivity index (χ3n) is 6.68. The molecular weight excluding hydrogens is 562 g/mol. The fourth-order valence-corrected chi connectivity index (χ4v) is 9.94. The summed E-state index contributed by atoms with van der Waals surface area (Å²) < 4.78 is 8.10. The molecule has 35 heavy (non-hydrogen) atoms. The van der Waals surface area contributed by atoms with Crippen LogP contribution in [-0.2, 0) is 5.41 Å². The first-order valence-electron chi connectivity index (χ1n) is 13.3. The van der Waals surface area contributed by atoms with Crippen molar-refractivity contribution < 1.29 is 4.58 Å². The molecule has 4 nitrogen and oxygen atoms in total. The third-order valence-corrected chi connectivity index (χ3v) is 11.2. The first-order valence-corrected chi connectivity index (χ1v) is 16.8. The van der Waals surface area contributed by atoms with Crippen LogP contribution in [0.5, 0.6) is 0 Å². The van der Waals surface area contributed by atoms with E-state index in [1.165, 1.54) is 94.4 Å². The van der Waals surface area contributed by atoms with Crippen molar-refractivity contribution in [2.24, 2.45) is 10.4 Å². The summed E-state index contributed by atoms with van der Waals surface area (Å²) in [5.41, 5.74) is 2.72. The second-order valence-electron chi connectivity index (χ2n) is 11.9. The normalized spacial score (nSPS) is 21.7. The van der Waals surface area contributed by atoms with Gasteiger partial charge in [-0.1, -0.05) is 0 Å². The number of rotatable bonds is 4. The van der Waals surface area contributed by atoms with E-state index in [9.17, 15) is 0 Å². The Morgan fingerprint density at radius 2 is 1.51 bits per heavy atom. The average molecular weight is 606 g/mol. The summed E-state index contributed by atoms with van der Waals surface area (Å²) in [5, 5.41) is 0. The number of anilines is 1. The fraction of sp³-hybridized carbons (Fsp3) is 0.621. The van der Waals surface area contributed by atoms with Gasteiger partial charge >= 0.3 is 226 Å². The van der Waals surface area contributed by atoms with Gasteiger partial charge < -0.3 is 0 Å². The maximum atomic E-state index is 5.16. The molecule has 0 unspecified atom stereocenters. The number of amidine groups is 1. The Labute approximate surface area is 225 Å². The quantitative estimate of drug-likeness (QED) is 0.253. The number of hydrogen-bond acceptors (Lipinski definition) is 2. The van der Waals surface area contributed by atoms with Gasteiger partial charge in [0.25, 0.3) is 0 Å². The van der Waals surface area contributed by atoms with Crippen LogP contribution in [-0.4, -0.2) is 75.6 Å². The van der Waals surface area contributed by atoms with E-state index in [2.05, 4.69) is 81.4 Å². The first-order chi connectivity index (χ1) is 16.6. The van der Waals surface area contributed by atoms with Gasteiger partial charge in [-0.2, -0.15) is 0 Å². The van der Waals surface area contributed by atoms with Crippen LogP contribution in [0.15, 0.2) is 33.8 Å². The Morgan fingerprint density at radius 1 is 0.829 bits per heavy atom. The van der Waals surface area contributed by atoms with Gasteiger partial charge in [0.2, 0.25) is 0 Å². The van der Waals surface area contributed by atoms with Crippen molar-refractivity contribution in [3.8, 4) is 0 Å². The van der Waals surface area contributed by atoms with Crippen molar-refractivity contribution in [3.63, 3.8) is 0 Å². The number of piperidine rings is 2. The predicted molar refractivity (Wildman–Crippen MR) is 154 cm³/mol. The van der Waals surface area contributed by atoms with Gasteiger partial charge in [0.05, 0.1) is 0 Å². The molecule has 0 bridgehead atoms. The first kappa shape index (κ1) is 26.9. The molecule has 0 saturated carbocycles. The molecule has 4 rings (SSSR count). The summed E-state index contributed by atoms with van der Waals surface area (Å²) in [6, 6.07) is 0. The molecule has 0 atom stereocenters. The van der Waals surface area contributed by atoms with E-state index >= 15 is 0 Å². The van der Waals surface area contributed by atoms with Gasteiger partial charge in [0.1, 0.15) is 0 Å². The van der Waals surface area contributed by atoms with Crippen LogP contribution >= 0.6 is 0 Å². The van der Waals surface area contributed by atoms with E-state index in [4.69, 9.17) is 9.98 Å². The maximum absolute atomic E-state index is 5.16. The topological polar surface area (TPSA) is 31.5 Å². The van der Waals surface area contributed by atoms with Crippen molar-refractivity contribution in [2.45, 2.75) is 85.5 Å². The van der Waals surface area contributed by atoms with Crippen LogP contribution in [0.2, 0.25) is 0 Å². The van der Waals surface area contributed by atoms with Gasteiger partial charge in [0.15, 0.2) is 0 Å². The van der Waals surface area contributed by atoms with Gasteiger partial charge in [-0.3, -0.25) is 0 Å². The Hall–Kier alpha value is -1.19. The number of allylic oxidation sites excluding steroid dienone is 5. The summed E-state index contributed by atoms with van der Waals surface area (Å²) in [5.74, 6) is 0. The number of hydrogen-bond donors (Lipinski definition) is 0. The summed E-state index contributed by atoms with van der Waals surface area (Å²) in [6.07, 6.45) is 19.2. The minimum atomic E-state index is 0.0791. The Morgan fingerprint density at radius 3 is 2.17 bits per heavy atom. The summed E-state index contributed by atoms with van der Waals surface area (Å²) >= 11 is 0.614. The predicted octanol–water partition coefficient (Wildman–Crippen LogP) is 5.64. The van der Waals surface area contributed by atoms with Crippen LogP contribution in [0.4, 0.5) is 4.69 Å². The van der Waals surface area contributed by atoms with Crippen LogP contribution in [0, 0.1) is 5.41 Å². The van der Waals surface area contributed by atoms with Gasteiger partial charge in [-0.15, -0.1) is 0 Å². The second kappa shape index (κ2) is 11.5. The number of aromatic nitrogens is 1. The fourth-order valence-electron chi connectivity index (χ4n) is 4.73. The molecule has 190 valence electrons. The molecule has 6 heteroatoms. The number of nitrogens with zero attached hydrogens (tertiary/aromatic N) is 4. The van der Waals surface area contributed by atoms with Crippen LogP contribution in [0.3, 0.4) is 0 Å². The van der Waals surface area contributed by atoms with Crippen molar-refractivity contribution in [2.75, 3.05) is 31.1 Å². The molecule has 0 amide bonds. The van der Waals surface area contributed by atoms with E-state index in [1.807, 2.05) is 0 Å². The summed E-state index contributed by atoms with van der Waals surface area (Å²) in [7, 11) is 0. The molecule has 0 aliphatic carbocycles. The molecule has 0 spiro atoms. The third kappa shape index (κ3) is 6.98. The summed E-state index contributed by atoms with van der Waals surface area (Å²) in [6.45, 7) is 18.5. The van der Waals surface area contributed by atoms with E-state index in [1.54, 1.807) is 0 Å². The molecule has 2 saturated heterocycles. The molecule has 3 aliphatic heterocycles. The van der Waals surface area contributed by atoms with E-state index < -0.39 is 0 Å². The van der Waals surface area contributed by atoms with Crippen LogP contribution < -0.4 is 4.90 Å². The van der Waals surface area contributed by atoms with E-state index in [-0.39, 0.29) is 10.8 Å². The Bertz CT molecular complexity index is 1040. The van der Waals surface area contributed by atoms with Crippen LogP contribution in [0.1, 0.15) is 90.2 Å². The van der Waals surface area contributed by atoms with Crippen molar-refractivity contribution in [1.29, 1.82) is 0 Å². The average Bonchev–Trinajstić information content (AvgIpc) is 3.45. The zero-order chi connectivity index (χ0) is 25.1. The van der Waals surface area contributed by atoms with Crippen LogP contribution in [0.25, 0.3) is 6.08 Å². The monoisotopic (exact) mass is 607 g/mol. The molecule has 1 aromatic heterocycles. The van der Waals surface area contributed by atoms with Crippen molar-refractivity contribution >= 4 is 50.7 Å². The second-order valence-corrected chi connectivity index (χ2v) is 16.2. The zero-order valence-electron chi connectivity index (χ0n) is 22.6. The molecular formula is C29H43N4Se2+. The SMILES string of the molecule is CC(C)(C)C1=NC(=[N+]2CCCCC2)[Se]/C1=C/C=C/C=C/c1[se]c(N2CCCCC2)nc1C(C)(C)C. The number of aliphatic imine (C=N–C) groups is 1. The molecule has 0 N–H and O–H groups in total. The minimum absolute atomic E-state index is 0.0791. The van der Waals surface area contributed by atoms with Gasteiger partial charge in [-0.05, 0) is 0 Å². The van der Waals surface area contributed by atoms with Gasteiger partial charge in [0, 0.05) is 0 Å². The Balaban J connectivity index is 1.51. The molecule has 2 fully saturated rings. The molecule has 3 aliphatic rings. The summed E-state index contributed by atoms with van der Waals surface area (Å²) in [4.78, 5) is 12.9. The van der Waals surface area contributed by atoms with Crippen molar-refractivity contribution in [1.82, 2.24) is 4.98 Å². The standard InChI is InChI=1S/C29H43N4Se2/c1-28(2,3)24-22(34-26(30-24)32-18-12-8-13-19-32)16-10-7-11-17-23-25(29(4,5)6)31-27(35-23)33-20-14-9-15-21-33/h7,10-11,16-17H,8-9,12-15,18-21H2,1-6H3/q+1.